The molecule has 4 rings (SSSR count). The number of para-hydroxylation sites is 1. The van der Waals surface area contributed by atoms with Gasteiger partial charge in [-0.25, -0.2) is 0 Å². The van der Waals surface area contributed by atoms with Crippen molar-refractivity contribution in [3.05, 3.63) is 106 Å². The summed E-state index contributed by atoms with van der Waals surface area (Å²) < 4.78 is 5.56. The van der Waals surface area contributed by atoms with Crippen LogP contribution in [0.15, 0.2) is 78.9 Å². The molecule has 0 N–H and O–H groups in total. The van der Waals surface area contributed by atoms with Crippen molar-refractivity contribution >= 4 is 11.7 Å². The molecule has 128 valence electrons. The van der Waals surface area contributed by atoms with Crippen molar-refractivity contribution in [1.82, 2.24) is 0 Å². The number of carbonyl (C=O) groups excluding carboxylic acids is 1. The minimum absolute atomic E-state index is 0.0249. The van der Waals surface area contributed by atoms with Gasteiger partial charge >= 0.3 is 5.97 Å². The summed E-state index contributed by atoms with van der Waals surface area (Å²) in [4.78, 5) is 23.5. The van der Waals surface area contributed by atoms with Gasteiger partial charge in [0.15, 0.2) is 0 Å². The Morgan fingerprint density at radius 1 is 0.885 bits per heavy atom. The van der Waals surface area contributed by atoms with Crippen LogP contribution in [0.2, 0.25) is 0 Å². The maximum absolute atomic E-state index is 13.0. The summed E-state index contributed by atoms with van der Waals surface area (Å²) in [7, 11) is 0. The Labute approximate surface area is 150 Å². The summed E-state index contributed by atoms with van der Waals surface area (Å²) in [5.74, 6) is 0.228. The second kappa shape index (κ2) is 6.11. The van der Waals surface area contributed by atoms with Crippen LogP contribution in [0, 0.1) is 10.1 Å². The van der Waals surface area contributed by atoms with Crippen molar-refractivity contribution < 1.29 is 14.5 Å². The third-order valence-electron chi connectivity index (χ3n) is 4.78. The molecular weight excluding hydrogens is 330 g/mol. The normalized spacial score (nSPS) is 18.2. The second-order valence-electron chi connectivity index (χ2n) is 6.26. The highest BCUT2D eigenvalue weighted by atomic mass is 16.6. The van der Waals surface area contributed by atoms with Crippen LogP contribution in [0.25, 0.3) is 0 Å². The molecule has 1 atom stereocenters. The van der Waals surface area contributed by atoms with Crippen LogP contribution in [0.5, 0.6) is 5.75 Å². The summed E-state index contributed by atoms with van der Waals surface area (Å²) in [6.45, 7) is 0. The predicted molar refractivity (Wildman–Crippen MR) is 96.1 cm³/mol. The standard InChI is InChI=1S/C21H15NO4/c23-20-21(16-6-2-1-3-7-16,18-8-4-5-9-19(18)26-20)14-15-10-12-17(13-11-15)22(24)25/h1-13H,14H2. The van der Waals surface area contributed by atoms with E-state index in [1.54, 1.807) is 18.2 Å². The average Bonchev–Trinajstić information content (AvgIpc) is 2.95. The monoisotopic (exact) mass is 345 g/mol. The van der Waals surface area contributed by atoms with E-state index >= 15 is 0 Å². The lowest BCUT2D eigenvalue weighted by molar-refractivity contribution is -0.384. The van der Waals surface area contributed by atoms with Crippen LogP contribution in [-0.4, -0.2) is 10.9 Å². The molecule has 0 radical (unpaired) electrons. The number of fused-ring (bicyclic) bond motifs is 1. The van der Waals surface area contributed by atoms with Crippen LogP contribution in [0.1, 0.15) is 16.7 Å². The first-order valence-electron chi connectivity index (χ1n) is 8.22. The fraction of sp³-hybridized carbons (Fsp3) is 0.0952. The van der Waals surface area contributed by atoms with Crippen LogP contribution in [-0.2, 0) is 16.6 Å². The lowest BCUT2D eigenvalue weighted by Gasteiger charge is -2.27. The first-order chi connectivity index (χ1) is 12.6. The summed E-state index contributed by atoms with van der Waals surface area (Å²) in [5, 5.41) is 10.9. The molecule has 0 aromatic heterocycles. The van der Waals surface area contributed by atoms with E-state index in [2.05, 4.69) is 0 Å². The number of hydrogen-bond donors (Lipinski definition) is 0. The summed E-state index contributed by atoms with van der Waals surface area (Å²) >= 11 is 0. The minimum atomic E-state index is -0.964. The number of esters is 1. The Kier molecular flexibility index (Phi) is 3.77. The Bertz CT molecular complexity index is 982. The highest BCUT2D eigenvalue weighted by Crippen LogP contribution is 2.46. The van der Waals surface area contributed by atoms with Gasteiger partial charge in [-0.3, -0.25) is 14.9 Å². The fourth-order valence-electron chi connectivity index (χ4n) is 3.51. The first-order valence-corrected chi connectivity index (χ1v) is 8.22. The second-order valence-corrected chi connectivity index (χ2v) is 6.26. The zero-order valence-electron chi connectivity index (χ0n) is 13.8. The van der Waals surface area contributed by atoms with Gasteiger partial charge in [0.25, 0.3) is 5.69 Å². The number of nitrogens with zero attached hydrogens (tertiary/aromatic N) is 1. The van der Waals surface area contributed by atoms with Gasteiger partial charge in [-0.15, -0.1) is 0 Å². The third kappa shape index (κ3) is 2.45. The van der Waals surface area contributed by atoms with Crippen molar-refractivity contribution in [2.75, 3.05) is 0 Å². The molecule has 5 heteroatoms. The van der Waals surface area contributed by atoms with E-state index in [0.29, 0.717) is 12.2 Å². The van der Waals surface area contributed by atoms with E-state index in [-0.39, 0.29) is 11.7 Å². The lowest BCUT2D eigenvalue weighted by atomic mass is 9.71. The number of rotatable bonds is 4. The number of hydrogen-bond acceptors (Lipinski definition) is 4. The lowest BCUT2D eigenvalue weighted by Crippen LogP contribution is -2.37. The molecule has 1 heterocycles. The van der Waals surface area contributed by atoms with Gasteiger partial charge in [0.1, 0.15) is 11.2 Å². The van der Waals surface area contributed by atoms with Crippen molar-refractivity contribution in [3.63, 3.8) is 0 Å². The van der Waals surface area contributed by atoms with Crippen molar-refractivity contribution in [2.24, 2.45) is 0 Å². The van der Waals surface area contributed by atoms with Gasteiger partial charge in [0.05, 0.1) is 4.92 Å². The van der Waals surface area contributed by atoms with Gasteiger partial charge in [0.2, 0.25) is 0 Å². The van der Waals surface area contributed by atoms with Gasteiger partial charge in [-0.2, -0.15) is 0 Å². The van der Waals surface area contributed by atoms with E-state index in [1.165, 1.54) is 12.1 Å². The van der Waals surface area contributed by atoms with Gasteiger partial charge in [-0.1, -0.05) is 60.7 Å². The SMILES string of the molecule is O=C1Oc2ccccc2C1(Cc1ccc([N+](=O)[O-])cc1)c1ccccc1. The number of ether oxygens (including phenoxy) is 1. The van der Waals surface area contributed by atoms with E-state index in [1.807, 2.05) is 48.5 Å². The van der Waals surface area contributed by atoms with Crippen molar-refractivity contribution in [3.8, 4) is 5.75 Å². The van der Waals surface area contributed by atoms with Crippen LogP contribution in [0.3, 0.4) is 0 Å². The molecule has 0 bridgehead atoms. The van der Waals surface area contributed by atoms with E-state index in [0.717, 1.165) is 16.7 Å². The number of non-ortho nitro benzene ring substituents is 1. The van der Waals surface area contributed by atoms with Crippen molar-refractivity contribution in [1.29, 1.82) is 0 Å². The highest BCUT2D eigenvalue weighted by molar-refractivity contribution is 5.94. The topological polar surface area (TPSA) is 69.4 Å². The number of nitro groups is 1. The molecule has 0 spiro atoms. The molecule has 1 unspecified atom stereocenters. The predicted octanol–water partition coefficient (Wildman–Crippen LogP) is 4.04. The Morgan fingerprint density at radius 3 is 2.23 bits per heavy atom. The minimum Gasteiger partial charge on any atom is -0.425 e. The molecule has 1 aliphatic heterocycles. The average molecular weight is 345 g/mol. The molecule has 26 heavy (non-hydrogen) atoms. The molecule has 3 aromatic rings. The largest absolute Gasteiger partial charge is 0.425 e. The Balaban J connectivity index is 1.85. The molecule has 0 aliphatic carbocycles. The maximum atomic E-state index is 13.0. The van der Waals surface area contributed by atoms with E-state index in [4.69, 9.17) is 4.74 Å². The number of benzene rings is 3. The molecule has 5 nitrogen and oxygen atoms in total. The van der Waals surface area contributed by atoms with Gasteiger partial charge < -0.3 is 4.74 Å². The molecule has 0 saturated heterocycles. The zero-order valence-corrected chi connectivity index (χ0v) is 13.8. The number of carbonyl (C=O) groups is 1. The maximum Gasteiger partial charge on any atom is 0.326 e. The molecule has 0 amide bonds. The quantitative estimate of drug-likeness (QED) is 0.310. The number of nitro benzene ring substituents is 1. The van der Waals surface area contributed by atoms with Gasteiger partial charge in [-0.05, 0) is 23.6 Å². The Hall–Kier alpha value is -3.47. The van der Waals surface area contributed by atoms with E-state index < -0.39 is 10.3 Å². The van der Waals surface area contributed by atoms with Crippen LogP contribution < -0.4 is 4.74 Å². The van der Waals surface area contributed by atoms with Crippen molar-refractivity contribution in [2.45, 2.75) is 11.8 Å². The fourth-order valence-corrected chi connectivity index (χ4v) is 3.51. The smallest absolute Gasteiger partial charge is 0.326 e. The van der Waals surface area contributed by atoms with Gasteiger partial charge in [0, 0.05) is 17.7 Å². The Morgan fingerprint density at radius 2 is 1.54 bits per heavy atom. The zero-order chi connectivity index (χ0) is 18.1. The highest BCUT2D eigenvalue weighted by Gasteiger charge is 2.50. The van der Waals surface area contributed by atoms with E-state index in [9.17, 15) is 14.9 Å². The van der Waals surface area contributed by atoms with Crippen LogP contribution in [0.4, 0.5) is 5.69 Å². The summed E-state index contributed by atoms with van der Waals surface area (Å²) in [6.07, 6.45) is 0.366. The molecule has 0 saturated carbocycles. The molecule has 1 aliphatic rings. The molecular formula is C21H15NO4. The summed E-state index contributed by atoms with van der Waals surface area (Å²) in [5.41, 5.74) is 1.54. The molecule has 3 aromatic carbocycles. The third-order valence-corrected chi connectivity index (χ3v) is 4.78. The molecule has 0 fully saturated rings. The van der Waals surface area contributed by atoms with Crippen LogP contribution >= 0.6 is 0 Å². The first kappa shape index (κ1) is 16.0. The summed E-state index contributed by atoms with van der Waals surface area (Å²) in [6, 6.07) is 23.2.